The summed E-state index contributed by atoms with van der Waals surface area (Å²) in [4.78, 5) is 16.9. The molecule has 2 saturated heterocycles. The molecule has 0 aromatic heterocycles. The van der Waals surface area contributed by atoms with Crippen LogP contribution in [0.3, 0.4) is 0 Å². The zero-order valence-electron chi connectivity index (χ0n) is 12.0. The van der Waals surface area contributed by atoms with E-state index >= 15 is 0 Å². The van der Waals surface area contributed by atoms with Crippen LogP contribution < -0.4 is 5.32 Å². The number of hydrogen-bond acceptors (Lipinski definition) is 3. The summed E-state index contributed by atoms with van der Waals surface area (Å²) in [5, 5.41) is 3.30. The number of hydrogen-bond donors (Lipinski definition) is 1. The van der Waals surface area contributed by atoms with Crippen LogP contribution in [-0.2, 0) is 4.79 Å². The van der Waals surface area contributed by atoms with Gasteiger partial charge in [0.25, 0.3) is 0 Å². The van der Waals surface area contributed by atoms with Crippen molar-refractivity contribution in [1.82, 2.24) is 15.1 Å². The van der Waals surface area contributed by atoms with Crippen molar-refractivity contribution in [3.8, 4) is 0 Å². The molecule has 3 unspecified atom stereocenters. The van der Waals surface area contributed by atoms with Crippen LogP contribution in [-0.4, -0.2) is 60.0 Å². The zero-order chi connectivity index (χ0) is 13.1. The number of nitrogens with zero attached hydrogens (tertiary/aromatic N) is 2. The van der Waals surface area contributed by atoms with Crippen molar-refractivity contribution in [2.24, 2.45) is 0 Å². The number of amides is 1. The minimum Gasteiger partial charge on any atom is -0.336 e. The van der Waals surface area contributed by atoms with Gasteiger partial charge in [0.1, 0.15) is 0 Å². The second-order valence-corrected chi connectivity index (χ2v) is 5.88. The number of rotatable bonds is 4. The van der Waals surface area contributed by atoms with E-state index < -0.39 is 0 Å². The maximum atomic E-state index is 12.3. The normalized spacial score (nSPS) is 30.3. The second-order valence-electron chi connectivity index (χ2n) is 5.88. The smallest absolute Gasteiger partial charge is 0.236 e. The number of carbonyl (C=O) groups is 1. The van der Waals surface area contributed by atoms with Gasteiger partial charge < -0.3 is 10.2 Å². The molecule has 0 aromatic rings. The van der Waals surface area contributed by atoms with Gasteiger partial charge in [0.2, 0.25) is 5.91 Å². The molecular formula is C14H27N3O. The van der Waals surface area contributed by atoms with Crippen LogP contribution in [0, 0.1) is 0 Å². The third kappa shape index (κ3) is 3.04. The summed E-state index contributed by atoms with van der Waals surface area (Å²) >= 11 is 0. The first-order valence-electron chi connectivity index (χ1n) is 7.38. The number of fused-ring (bicyclic) bond motifs is 1. The van der Waals surface area contributed by atoms with Gasteiger partial charge in [-0.25, -0.2) is 0 Å². The van der Waals surface area contributed by atoms with Crippen LogP contribution in [0.4, 0.5) is 0 Å². The van der Waals surface area contributed by atoms with Crippen LogP contribution in [0.1, 0.15) is 40.0 Å². The summed E-state index contributed by atoms with van der Waals surface area (Å²) in [5.41, 5.74) is 0. The summed E-state index contributed by atoms with van der Waals surface area (Å²) in [6.07, 6.45) is 3.62. The molecule has 4 heteroatoms. The monoisotopic (exact) mass is 253 g/mol. The van der Waals surface area contributed by atoms with Crippen LogP contribution in [0.5, 0.6) is 0 Å². The average Bonchev–Trinajstić information content (AvgIpc) is 2.81. The van der Waals surface area contributed by atoms with Crippen molar-refractivity contribution in [2.45, 2.75) is 58.2 Å². The van der Waals surface area contributed by atoms with Crippen molar-refractivity contribution in [3.63, 3.8) is 0 Å². The zero-order valence-corrected chi connectivity index (χ0v) is 12.0. The van der Waals surface area contributed by atoms with Gasteiger partial charge in [0.15, 0.2) is 0 Å². The van der Waals surface area contributed by atoms with Gasteiger partial charge in [0, 0.05) is 31.2 Å². The highest BCUT2D eigenvalue weighted by atomic mass is 16.2. The Morgan fingerprint density at radius 2 is 2.22 bits per heavy atom. The third-order valence-electron chi connectivity index (χ3n) is 4.47. The predicted molar refractivity (Wildman–Crippen MR) is 73.5 cm³/mol. The van der Waals surface area contributed by atoms with E-state index in [-0.39, 0.29) is 5.91 Å². The van der Waals surface area contributed by atoms with Gasteiger partial charge in [-0.3, -0.25) is 9.69 Å². The van der Waals surface area contributed by atoms with Gasteiger partial charge >= 0.3 is 0 Å². The molecule has 104 valence electrons. The highest BCUT2D eigenvalue weighted by Crippen LogP contribution is 2.24. The lowest BCUT2D eigenvalue weighted by molar-refractivity contribution is -0.135. The van der Waals surface area contributed by atoms with Crippen molar-refractivity contribution in [3.05, 3.63) is 0 Å². The van der Waals surface area contributed by atoms with Crippen molar-refractivity contribution < 1.29 is 4.79 Å². The molecule has 1 N–H and O–H groups in total. The molecule has 0 saturated carbocycles. The number of nitrogens with one attached hydrogen (secondary N) is 1. The lowest BCUT2D eigenvalue weighted by Gasteiger charge is -2.42. The first kappa shape index (κ1) is 13.8. The highest BCUT2D eigenvalue weighted by Gasteiger charge is 2.36. The van der Waals surface area contributed by atoms with Crippen LogP contribution in [0.15, 0.2) is 0 Å². The molecule has 2 aliphatic rings. The van der Waals surface area contributed by atoms with E-state index in [2.05, 4.69) is 35.9 Å². The van der Waals surface area contributed by atoms with Crippen LogP contribution in [0.25, 0.3) is 0 Å². The molecule has 0 radical (unpaired) electrons. The summed E-state index contributed by atoms with van der Waals surface area (Å²) in [5.74, 6) is 0.273. The average molecular weight is 253 g/mol. The number of carbonyl (C=O) groups excluding carboxylic acids is 1. The molecule has 1 amide bonds. The standard InChI is InChI=1S/C14H27N3O/c1-4-11(2)15-8-14(18)17-10-13-6-5-7-16(13)9-12(17)3/h11-13,15H,4-10H2,1-3H3. The Morgan fingerprint density at radius 3 is 2.94 bits per heavy atom. The molecule has 0 aromatic carbocycles. The summed E-state index contributed by atoms with van der Waals surface area (Å²) in [7, 11) is 0. The Balaban J connectivity index is 1.85. The molecule has 0 bridgehead atoms. The molecule has 4 nitrogen and oxygen atoms in total. The van der Waals surface area contributed by atoms with Gasteiger partial charge in [0.05, 0.1) is 6.54 Å². The summed E-state index contributed by atoms with van der Waals surface area (Å²) in [6.45, 7) is 10.2. The first-order valence-corrected chi connectivity index (χ1v) is 7.38. The Bertz CT molecular complexity index is 295. The van der Waals surface area contributed by atoms with E-state index in [4.69, 9.17) is 0 Å². The second kappa shape index (κ2) is 6.02. The minimum absolute atomic E-state index is 0.273. The van der Waals surface area contributed by atoms with Gasteiger partial charge in [-0.05, 0) is 39.7 Å². The topological polar surface area (TPSA) is 35.6 Å². The Hall–Kier alpha value is -0.610. The fourth-order valence-electron chi connectivity index (χ4n) is 3.04. The Labute approximate surface area is 111 Å². The Morgan fingerprint density at radius 1 is 1.44 bits per heavy atom. The lowest BCUT2D eigenvalue weighted by atomic mass is 10.1. The largest absolute Gasteiger partial charge is 0.336 e. The van der Waals surface area contributed by atoms with Crippen molar-refractivity contribution in [2.75, 3.05) is 26.2 Å². The fourth-order valence-corrected chi connectivity index (χ4v) is 3.04. The van der Waals surface area contributed by atoms with Crippen molar-refractivity contribution in [1.29, 1.82) is 0 Å². The maximum absolute atomic E-state index is 12.3. The predicted octanol–water partition coefficient (Wildman–Crippen LogP) is 1.07. The van der Waals surface area contributed by atoms with E-state index in [0.29, 0.717) is 24.7 Å². The molecule has 18 heavy (non-hydrogen) atoms. The third-order valence-corrected chi connectivity index (χ3v) is 4.47. The molecule has 2 aliphatic heterocycles. The summed E-state index contributed by atoms with van der Waals surface area (Å²) in [6, 6.07) is 1.41. The molecule has 0 spiro atoms. The molecule has 2 rings (SSSR count). The summed E-state index contributed by atoms with van der Waals surface area (Å²) < 4.78 is 0. The highest BCUT2D eigenvalue weighted by molar-refractivity contribution is 5.78. The molecule has 0 aliphatic carbocycles. The van der Waals surface area contributed by atoms with Crippen molar-refractivity contribution >= 4 is 5.91 Å². The SMILES string of the molecule is CCC(C)NCC(=O)N1CC2CCCN2CC1C. The lowest BCUT2D eigenvalue weighted by Crippen LogP contribution is -2.58. The molecular weight excluding hydrogens is 226 g/mol. The minimum atomic E-state index is 0.273. The quantitative estimate of drug-likeness (QED) is 0.814. The van der Waals surface area contributed by atoms with Gasteiger partial charge in [-0.2, -0.15) is 0 Å². The van der Waals surface area contributed by atoms with E-state index in [1.54, 1.807) is 0 Å². The molecule has 3 atom stereocenters. The van der Waals surface area contributed by atoms with Crippen LogP contribution in [0.2, 0.25) is 0 Å². The fraction of sp³-hybridized carbons (Fsp3) is 0.929. The van der Waals surface area contributed by atoms with Gasteiger partial charge in [-0.1, -0.05) is 6.92 Å². The van der Waals surface area contributed by atoms with E-state index in [1.807, 2.05) is 0 Å². The molecule has 2 fully saturated rings. The first-order chi connectivity index (χ1) is 8.61. The maximum Gasteiger partial charge on any atom is 0.236 e. The van der Waals surface area contributed by atoms with Gasteiger partial charge in [-0.15, -0.1) is 0 Å². The van der Waals surface area contributed by atoms with Crippen LogP contribution >= 0.6 is 0 Å². The molecule has 2 heterocycles. The Kier molecular flexibility index (Phi) is 4.62. The number of piperazine rings is 1. The van der Waals surface area contributed by atoms with E-state index in [9.17, 15) is 4.79 Å². The van der Waals surface area contributed by atoms with E-state index in [0.717, 1.165) is 19.5 Å². The van der Waals surface area contributed by atoms with E-state index in [1.165, 1.54) is 19.4 Å².